The Labute approximate surface area is 133 Å². The van der Waals surface area contributed by atoms with E-state index in [2.05, 4.69) is 4.98 Å². The third-order valence-electron chi connectivity index (χ3n) is 4.50. The average molecular weight is 321 g/mol. The lowest BCUT2D eigenvalue weighted by Gasteiger charge is -2.37. The molecule has 1 aromatic heterocycles. The van der Waals surface area contributed by atoms with Crippen molar-refractivity contribution in [2.24, 2.45) is 0 Å². The number of rotatable bonds is 1. The summed E-state index contributed by atoms with van der Waals surface area (Å²) in [6, 6.07) is 5.52. The number of carbonyl (C=O) groups is 1. The number of amides is 1. The zero-order valence-corrected chi connectivity index (χ0v) is 12.9. The summed E-state index contributed by atoms with van der Waals surface area (Å²) in [7, 11) is 0. The fourth-order valence-electron chi connectivity index (χ4n) is 3.28. The first-order valence-electron chi connectivity index (χ1n) is 7.51. The molecule has 1 spiro atoms. The zero-order valence-electron chi connectivity index (χ0n) is 12.1. The lowest BCUT2D eigenvalue weighted by molar-refractivity contribution is -0.181. The van der Waals surface area contributed by atoms with Crippen molar-refractivity contribution < 1.29 is 14.3 Å². The predicted molar refractivity (Wildman–Crippen MR) is 83.1 cm³/mol. The zero-order chi connectivity index (χ0) is 15.2. The number of halogens is 1. The molecule has 1 aromatic carbocycles. The summed E-state index contributed by atoms with van der Waals surface area (Å²) in [5.74, 6) is -0.411. The van der Waals surface area contributed by atoms with Crippen molar-refractivity contribution in [3.63, 3.8) is 0 Å². The molecule has 0 radical (unpaired) electrons. The van der Waals surface area contributed by atoms with Crippen LogP contribution in [-0.2, 0) is 9.47 Å². The monoisotopic (exact) mass is 320 g/mol. The number of piperidine rings is 1. The van der Waals surface area contributed by atoms with E-state index >= 15 is 0 Å². The number of aromatic nitrogens is 1. The van der Waals surface area contributed by atoms with Crippen LogP contribution in [0.4, 0.5) is 0 Å². The van der Waals surface area contributed by atoms with Crippen LogP contribution in [0, 0.1) is 0 Å². The molecule has 0 unspecified atom stereocenters. The van der Waals surface area contributed by atoms with Gasteiger partial charge in [-0.2, -0.15) is 0 Å². The fraction of sp³-hybridized carbons (Fsp3) is 0.438. The van der Waals surface area contributed by atoms with E-state index in [4.69, 9.17) is 21.1 Å². The van der Waals surface area contributed by atoms with Crippen LogP contribution in [0.2, 0.25) is 5.02 Å². The van der Waals surface area contributed by atoms with E-state index in [-0.39, 0.29) is 5.91 Å². The molecule has 0 bridgehead atoms. The first kappa shape index (κ1) is 14.1. The standard InChI is InChI=1S/C16H17ClN2O3/c17-11-1-2-12-13(10-18-14(12)9-11)15(20)19-5-3-16(4-6-19)21-7-8-22-16/h1-2,9-10,18H,3-8H2. The average Bonchev–Trinajstić information content (AvgIpc) is 3.14. The van der Waals surface area contributed by atoms with E-state index < -0.39 is 5.79 Å². The van der Waals surface area contributed by atoms with E-state index in [1.165, 1.54) is 0 Å². The maximum absolute atomic E-state index is 12.8. The number of nitrogens with one attached hydrogen (secondary N) is 1. The molecule has 2 aliphatic heterocycles. The van der Waals surface area contributed by atoms with Crippen molar-refractivity contribution in [2.45, 2.75) is 18.6 Å². The number of hydrogen-bond donors (Lipinski definition) is 1. The van der Waals surface area contributed by atoms with Gasteiger partial charge in [0.2, 0.25) is 0 Å². The highest BCUT2D eigenvalue weighted by atomic mass is 35.5. The quantitative estimate of drug-likeness (QED) is 0.879. The summed E-state index contributed by atoms with van der Waals surface area (Å²) >= 11 is 5.98. The van der Waals surface area contributed by atoms with Crippen molar-refractivity contribution in [3.05, 3.63) is 35.0 Å². The first-order chi connectivity index (χ1) is 10.7. The summed E-state index contributed by atoms with van der Waals surface area (Å²) in [6.45, 7) is 2.60. The summed E-state index contributed by atoms with van der Waals surface area (Å²) in [4.78, 5) is 17.7. The van der Waals surface area contributed by atoms with Gasteiger partial charge in [0.15, 0.2) is 5.79 Å². The van der Waals surface area contributed by atoms with Crippen molar-refractivity contribution in [3.8, 4) is 0 Å². The Hall–Kier alpha value is -1.56. The molecule has 22 heavy (non-hydrogen) atoms. The Balaban J connectivity index is 1.54. The topological polar surface area (TPSA) is 54.6 Å². The van der Waals surface area contributed by atoms with E-state index in [1.807, 2.05) is 17.0 Å². The lowest BCUT2D eigenvalue weighted by atomic mass is 10.0. The number of benzene rings is 1. The summed E-state index contributed by atoms with van der Waals surface area (Å²) in [5.41, 5.74) is 1.57. The summed E-state index contributed by atoms with van der Waals surface area (Å²) in [5, 5.41) is 1.56. The van der Waals surface area contributed by atoms with Crippen LogP contribution < -0.4 is 0 Å². The van der Waals surface area contributed by atoms with Crippen LogP contribution in [0.1, 0.15) is 23.2 Å². The Morgan fingerprint density at radius 2 is 1.95 bits per heavy atom. The van der Waals surface area contributed by atoms with Gasteiger partial charge >= 0.3 is 0 Å². The Morgan fingerprint density at radius 3 is 2.68 bits per heavy atom. The van der Waals surface area contributed by atoms with Crippen LogP contribution in [0.3, 0.4) is 0 Å². The van der Waals surface area contributed by atoms with Crippen molar-refractivity contribution in [1.29, 1.82) is 0 Å². The van der Waals surface area contributed by atoms with Gasteiger partial charge in [-0.25, -0.2) is 0 Å². The fourth-order valence-corrected chi connectivity index (χ4v) is 3.45. The van der Waals surface area contributed by atoms with Crippen LogP contribution in [0.25, 0.3) is 10.9 Å². The van der Waals surface area contributed by atoms with Gasteiger partial charge in [-0.15, -0.1) is 0 Å². The Kier molecular flexibility index (Phi) is 3.36. The van der Waals surface area contributed by atoms with E-state index in [0.29, 0.717) is 36.9 Å². The van der Waals surface area contributed by atoms with E-state index in [9.17, 15) is 4.79 Å². The van der Waals surface area contributed by atoms with Crippen LogP contribution in [0.5, 0.6) is 0 Å². The minimum atomic E-state index is -0.454. The number of hydrogen-bond acceptors (Lipinski definition) is 3. The second-order valence-electron chi connectivity index (χ2n) is 5.79. The number of ether oxygens (including phenoxy) is 2. The van der Waals surface area contributed by atoms with Crippen molar-refractivity contribution >= 4 is 28.4 Å². The summed E-state index contributed by atoms with van der Waals surface area (Å²) in [6.07, 6.45) is 3.22. The Morgan fingerprint density at radius 1 is 1.23 bits per heavy atom. The molecule has 1 amide bonds. The van der Waals surface area contributed by atoms with Gasteiger partial charge in [-0.3, -0.25) is 4.79 Å². The number of aromatic amines is 1. The van der Waals surface area contributed by atoms with Gasteiger partial charge in [0, 0.05) is 48.1 Å². The molecule has 2 saturated heterocycles. The Bertz CT molecular complexity index is 711. The molecule has 4 rings (SSSR count). The second-order valence-corrected chi connectivity index (χ2v) is 6.23. The van der Waals surface area contributed by atoms with Crippen LogP contribution in [0.15, 0.2) is 24.4 Å². The molecule has 2 aromatic rings. The highest BCUT2D eigenvalue weighted by Gasteiger charge is 2.41. The number of fused-ring (bicyclic) bond motifs is 1. The van der Waals surface area contributed by atoms with Gasteiger partial charge in [-0.1, -0.05) is 17.7 Å². The molecule has 5 nitrogen and oxygen atoms in total. The van der Waals surface area contributed by atoms with Gasteiger partial charge in [0.1, 0.15) is 0 Å². The van der Waals surface area contributed by atoms with Gasteiger partial charge in [-0.05, 0) is 12.1 Å². The van der Waals surface area contributed by atoms with Crippen LogP contribution >= 0.6 is 11.6 Å². The maximum atomic E-state index is 12.8. The molecule has 6 heteroatoms. The van der Waals surface area contributed by atoms with E-state index in [1.54, 1.807) is 12.3 Å². The van der Waals surface area contributed by atoms with Gasteiger partial charge in [0.05, 0.1) is 18.8 Å². The molecule has 0 saturated carbocycles. The van der Waals surface area contributed by atoms with Crippen molar-refractivity contribution in [2.75, 3.05) is 26.3 Å². The third-order valence-corrected chi connectivity index (χ3v) is 4.74. The number of carbonyl (C=O) groups excluding carboxylic acids is 1. The van der Waals surface area contributed by atoms with Crippen molar-refractivity contribution in [1.82, 2.24) is 9.88 Å². The van der Waals surface area contributed by atoms with Gasteiger partial charge in [0.25, 0.3) is 5.91 Å². The highest BCUT2D eigenvalue weighted by Crippen LogP contribution is 2.32. The third kappa shape index (κ3) is 2.29. The first-order valence-corrected chi connectivity index (χ1v) is 7.89. The second kappa shape index (κ2) is 5.26. The number of nitrogens with zero attached hydrogens (tertiary/aromatic N) is 1. The minimum absolute atomic E-state index is 0.0430. The molecule has 1 N–H and O–H groups in total. The molecule has 116 valence electrons. The van der Waals surface area contributed by atoms with Crippen LogP contribution in [-0.4, -0.2) is 47.9 Å². The van der Waals surface area contributed by atoms with E-state index in [0.717, 1.165) is 23.7 Å². The highest BCUT2D eigenvalue weighted by molar-refractivity contribution is 6.31. The molecule has 3 heterocycles. The SMILES string of the molecule is O=C(c1c[nH]c2cc(Cl)ccc12)N1CCC2(CC1)OCCO2. The smallest absolute Gasteiger partial charge is 0.256 e. The minimum Gasteiger partial charge on any atom is -0.360 e. The largest absolute Gasteiger partial charge is 0.360 e. The molecule has 2 aliphatic rings. The molecule has 0 aliphatic carbocycles. The van der Waals surface area contributed by atoms with Gasteiger partial charge < -0.3 is 19.4 Å². The maximum Gasteiger partial charge on any atom is 0.256 e. The predicted octanol–water partition coefficient (Wildman–Crippen LogP) is 2.80. The molecule has 0 atom stereocenters. The normalized spacial score (nSPS) is 20.9. The summed E-state index contributed by atoms with van der Waals surface area (Å²) < 4.78 is 11.4. The molecular weight excluding hydrogens is 304 g/mol. The number of H-pyrrole nitrogens is 1. The lowest BCUT2D eigenvalue weighted by Crippen LogP contribution is -2.47. The molecule has 2 fully saturated rings. The number of likely N-dealkylation sites (tertiary alicyclic amines) is 1. The molecular formula is C16H17ClN2O3.